The summed E-state index contributed by atoms with van der Waals surface area (Å²) >= 11 is 1.29. The molecule has 1 fully saturated rings. The van der Waals surface area contributed by atoms with Crippen LogP contribution in [0.25, 0.3) is 10.1 Å². The Hall–Kier alpha value is -3.91. The van der Waals surface area contributed by atoms with Gasteiger partial charge in [0.05, 0.1) is 23.1 Å². The number of fused-ring (bicyclic) bond motifs is 1. The maximum Gasteiger partial charge on any atom is 0.276 e. The molecule has 0 saturated carbocycles. The Kier molecular flexibility index (Phi) is 6.14. The highest BCUT2D eigenvalue weighted by molar-refractivity contribution is 7.13. The van der Waals surface area contributed by atoms with Crippen LogP contribution in [0.5, 0.6) is 5.75 Å². The summed E-state index contributed by atoms with van der Waals surface area (Å²) in [5.41, 5.74) is 2.45. The number of nitrogens with zero attached hydrogens (tertiary/aromatic N) is 3. The third-order valence-corrected chi connectivity index (χ3v) is 6.83. The summed E-state index contributed by atoms with van der Waals surface area (Å²) in [4.78, 5) is 30.4. The van der Waals surface area contributed by atoms with E-state index in [9.17, 15) is 9.59 Å². The van der Waals surface area contributed by atoms with E-state index in [-0.39, 0.29) is 11.8 Å². The number of aromatic nitrogens is 1. The van der Waals surface area contributed by atoms with Crippen LogP contribution >= 0.6 is 11.5 Å². The van der Waals surface area contributed by atoms with Crippen molar-refractivity contribution in [2.24, 2.45) is 0 Å². The molecular formula is C26H24N4O3S. The van der Waals surface area contributed by atoms with Gasteiger partial charge in [-0.2, -0.15) is 4.37 Å². The van der Waals surface area contributed by atoms with E-state index in [4.69, 9.17) is 4.74 Å². The fourth-order valence-corrected chi connectivity index (χ4v) is 4.91. The van der Waals surface area contributed by atoms with E-state index in [1.165, 1.54) is 11.5 Å². The van der Waals surface area contributed by atoms with Gasteiger partial charge in [-0.1, -0.05) is 30.3 Å². The van der Waals surface area contributed by atoms with Crippen molar-refractivity contribution in [3.05, 3.63) is 84.1 Å². The summed E-state index contributed by atoms with van der Waals surface area (Å²) in [7, 11) is 1.65. The molecule has 0 atom stereocenters. The van der Waals surface area contributed by atoms with Gasteiger partial charge in [0.15, 0.2) is 0 Å². The van der Waals surface area contributed by atoms with E-state index in [1.807, 2.05) is 65.6 Å². The van der Waals surface area contributed by atoms with Crippen molar-refractivity contribution in [1.29, 1.82) is 0 Å². The maximum absolute atomic E-state index is 13.4. The van der Waals surface area contributed by atoms with Crippen LogP contribution in [0.3, 0.4) is 0 Å². The number of nitrogens with one attached hydrogen (secondary N) is 1. The van der Waals surface area contributed by atoms with Gasteiger partial charge in [-0.15, -0.1) is 0 Å². The number of hydrogen-bond acceptors (Lipinski definition) is 6. The zero-order valence-electron chi connectivity index (χ0n) is 18.7. The number of hydrogen-bond donors (Lipinski definition) is 1. The highest BCUT2D eigenvalue weighted by Gasteiger charge is 2.25. The number of para-hydroxylation sites is 1. The highest BCUT2D eigenvalue weighted by Crippen LogP contribution is 2.25. The lowest BCUT2D eigenvalue weighted by Gasteiger charge is -2.36. The number of amides is 2. The molecule has 1 saturated heterocycles. The van der Waals surface area contributed by atoms with E-state index >= 15 is 0 Å². The lowest BCUT2D eigenvalue weighted by atomic mass is 10.1. The average molecular weight is 473 g/mol. The number of methoxy groups -OCH3 is 1. The molecular weight excluding hydrogens is 448 g/mol. The molecule has 8 heteroatoms. The molecule has 0 aliphatic carbocycles. The van der Waals surface area contributed by atoms with Gasteiger partial charge in [-0.25, -0.2) is 0 Å². The van der Waals surface area contributed by atoms with Crippen molar-refractivity contribution < 1.29 is 14.3 Å². The van der Waals surface area contributed by atoms with Crippen molar-refractivity contribution in [3.63, 3.8) is 0 Å². The predicted octanol–water partition coefficient (Wildman–Crippen LogP) is 4.52. The van der Waals surface area contributed by atoms with Crippen molar-refractivity contribution in [2.45, 2.75) is 0 Å². The number of carbonyl (C=O) groups is 2. The predicted molar refractivity (Wildman–Crippen MR) is 135 cm³/mol. The number of benzene rings is 3. The second kappa shape index (κ2) is 9.52. The van der Waals surface area contributed by atoms with Crippen LogP contribution in [-0.2, 0) is 0 Å². The van der Waals surface area contributed by atoms with Gasteiger partial charge in [0, 0.05) is 37.3 Å². The molecule has 34 heavy (non-hydrogen) atoms. The van der Waals surface area contributed by atoms with Gasteiger partial charge in [0.1, 0.15) is 11.4 Å². The molecule has 1 aromatic heterocycles. The molecule has 0 bridgehead atoms. The van der Waals surface area contributed by atoms with Gasteiger partial charge in [-0.3, -0.25) is 9.59 Å². The molecule has 5 rings (SSSR count). The van der Waals surface area contributed by atoms with Crippen LogP contribution in [0.1, 0.15) is 20.8 Å². The summed E-state index contributed by atoms with van der Waals surface area (Å²) in [5, 5.41) is 3.71. The molecule has 4 aromatic rings. The number of rotatable bonds is 5. The van der Waals surface area contributed by atoms with Crippen LogP contribution in [0.15, 0.2) is 72.8 Å². The molecule has 0 spiro atoms. The van der Waals surface area contributed by atoms with E-state index in [1.54, 1.807) is 19.2 Å². The first-order valence-corrected chi connectivity index (χ1v) is 11.8. The number of carbonyl (C=O) groups excluding carboxylic acids is 2. The van der Waals surface area contributed by atoms with Gasteiger partial charge in [0.25, 0.3) is 11.8 Å². The topological polar surface area (TPSA) is 74.8 Å². The zero-order valence-corrected chi connectivity index (χ0v) is 19.5. The van der Waals surface area contributed by atoms with E-state index in [0.717, 1.165) is 34.6 Å². The third kappa shape index (κ3) is 4.32. The standard InChI is InChI=1S/C26H24N4O3S/c1-33-19-12-10-18(11-13-19)29-14-16-30(17-15-29)26(32)20-6-2-4-8-22(20)27-25(31)24-21-7-3-5-9-23(21)34-28-24/h2-13H,14-17H2,1H3,(H,27,31). The van der Waals surface area contributed by atoms with Crippen LogP contribution in [-0.4, -0.2) is 54.4 Å². The zero-order chi connectivity index (χ0) is 23.5. The van der Waals surface area contributed by atoms with Gasteiger partial charge >= 0.3 is 0 Å². The Morgan fingerprint density at radius 3 is 2.38 bits per heavy atom. The molecule has 2 amide bonds. The van der Waals surface area contributed by atoms with Gasteiger partial charge in [0.2, 0.25) is 0 Å². The van der Waals surface area contributed by atoms with Crippen LogP contribution < -0.4 is 15.0 Å². The smallest absolute Gasteiger partial charge is 0.276 e. The number of anilines is 2. The Morgan fingerprint density at radius 2 is 1.62 bits per heavy atom. The van der Waals surface area contributed by atoms with Crippen LogP contribution in [0, 0.1) is 0 Å². The molecule has 2 heterocycles. The summed E-state index contributed by atoms with van der Waals surface area (Å²) in [6, 6.07) is 22.7. The minimum Gasteiger partial charge on any atom is -0.497 e. The second-order valence-corrected chi connectivity index (χ2v) is 8.81. The van der Waals surface area contributed by atoms with Crippen LogP contribution in [0.2, 0.25) is 0 Å². The van der Waals surface area contributed by atoms with Gasteiger partial charge in [-0.05, 0) is 54.0 Å². The molecule has 172 valence electrons. The first kappa shape index (κ1) is 21.9. The summed E-state index contributed by atoms with van der Waals surface area (Å²) in [6.07, 6.45) is 0. The molecule has 1 N–H and O–H groups in total. The van der Waals surface area contributed by atoms with Gasteiger partial charge < -0.3 is 19.9 Å². The Bertz CT molecular complexity index is 1330. The fraction of sp³-hybridized carbons (Fsp3) is 0.192. The van der Waals surface area contributed by atoms with E-state index < -0.39 is 0 Å². The quantitative estimate of drug-likeness (QED) is 0.462. The lowest BCUT2D eigenvalue weighted by molar-refractivity contribution is 0.0748. The molecule has 3 aromatic carbocycles. The molecule has 0 unspecified atom stereocenters. The minimum atomic E-state index is -0.318. The summed E-state index contributed by atoms with van der Waals surface area (Å²) < 4.78 is 10.5. The maximum atomic E-state index is 13.4. The summed E-state index contributed by atoms with van der Waals surface area (Å²) in [5.74, 6) is 0.414. The Balaban J connectivity index is 1.28. The number of ether oxygens (including phenoxy) is 1. The van der Waals surface area contributed by atoms with Crippen LogP contribution in [0.4, 0.5) is 11.4 Å². The van der Waals surface area contributed by atoms with E-state index in [0.29, 0.717) is 30.0 Å². The Labute approximate surface area is 201 Å². The SMILES string of the molecule is COc1ccc(N2CCN(C(=O)c3ccccc3NC(=O)c3nsc4ccccc34)CC2)cc1. The fourth-order valence-electron chi connectivity index (χ4n) is 4.14. The highest BCUT2D eigenvalue weighted by atomic mass is 32.1. The van der Waals surface area contributed by atoms with Crippen molar-refractivity contribution >= 4 is 44.8 Å². The number of piperazine rings is 1. The monoisotopic (exact) mass is 472 g/mol. The summed E-state index contributed by atoms with van der Waals surface area (Å²) in [6.45, 7) is 2.67. The van der Waals surface area contributed by atoms with E-state index in [2.05, 4.69) is 14.6 Å². The Morgan fingerprint density at radius 1 is 0.912 bits per heavy atom. The third-order valence-electron chi connectivity index (χ3n) is 6.00. The largest absolute Gasteiger partial charge is 0.497 e. The average Bonchev–Trinajstić information content (AvgIpc) is 3.33. The normalized spacial score (nSPS) is 13.7. The van der Waals surface area contributed by atoms with Crippen molar-refractivity contribution in [3.8, 4) is 5.75 Å². The minimum absolute atomic E-state index is 0.0894. The first-order valence-electron chi connectivity index (χ1n) is 11.1. The molecule has 1 aliphatic heterocycles. The lowest BCUT2D eigenvalue weighted by Crippen LogP contribution is -2.48. The molecule has 7 nitrogen and oxygen atoms in total. The molecule has 1 aliphatic rings. The first-order chi connectivity index (χ1) is 16.6. The second-order valence-electron chi connectivity index (χ2n) is 8.00. The van der Waals surface area contributed by atoms with Crippen molar-refractivity contribution in [2.75, 3.05) is 43.5 Å². The molecule has 0 radical (unpaired) electrons. The van der Waals surface area contributed by atoms with Crippen molar-refractivity contribution in [1.82, 2.24) is 9.27 Å².